The van der Waals surface area contributed by atoms with Crippen LogP contribution in [0.3, 0.4) is 0 Å². The molecule has 0 aliphatic carbocycles. The van der Waals surface area contributed by atoms with E-state index in [0.717, 1.165) is 5.69 Å². The first kappa shape index (κ1) is 21.7. The van der Waals surface area contributed by atoms with E-state index in [-0.39, 0.29) is 22.8 Å². The summed E-state index contributed by atoms with van der Waals surface area (Å²) in [5, 5.41) is 9.06. The molecule has 8 nitrogen and oxygen atoms in total. The van der Waals surface area contributed by atoms with Gasteiger partial charge in [0, 0.05) is 29.0 Å². The summed E-state index contributed by atoms with van der Waals surface area (Å²) in [5.41, 5.74) is 3.76. The fourth-order valence-electron chi connectivity index (χ4n) is 2.44. The predicted octanol–water partition coefficient (Wildman–Crippen LogP) is 2.22. The van der Waals surface area contributed by atoms with Crippen molar-refractivity contribution in [1.29, 1.82) is 0 Å². The summed E-state index contributed by atoms with van der Waals surface area (Å²) in [6, 6.07) is 11.1. The smallest absolute Gasteiger partial charge is 0.265 e. The van der Waals surface area contributed by atoms with Crippen LogP contribution in [0.25, 0.3) is 0 Å². The van der Waals surface area contributed by atoms with Gasteiger partial charge in [-0.3, -0.25) is 19.8 Å². The number of hydrazine groups is 1. The monoisotopic (exact) mass is 411 g/mol. The van der Waals surface area contributed by atoms with Gasteiger partial charge in [0.1, 0.15) is 0 Å². The van der Waals surface area contributed by atoms with Gasteiger partial charge >= 0.3 is 0 Å². The Morgan fingerprint density at radius 1 is 1.00 bits per heavy atom. The van der Waals surface area contributed by atoms with Gasteiger partial charge in [0.25, 0.3) is 11.8 Å². The lowest BCUT2D eigenvalue weighted by Gasteiger charge is -2.11. The van der Waals surface area contributed by atoms with Gasteiger partial charge in [-0.2, -0.15) is 0 Å². The van der Waals surface area contributed by atoms with Crippen molar-refractivity contribution in [3.63, 3.8) is 0 Å². The molecule has 0 aliphatic rings. The third-order valence-electron chi connectivity index (χ3n) is 3.84. The molecule has 0 aliphatic heterocycles. The lowest BCUT2D eigenvalue weighted by Crippen LogP contribution is -2.31. The first-order valence-electron chi connectivity index (χ1n) is 8.58. The van der Waals surface area contributed by atoms with Crippen molar-refractivity contribution in [2.45, 2.75) is 6.92 Å². The first-order chi connectivity index (χ1) is 13.8. The molecule has 150 valence electrons. The van der Waals surface area contributed by atoms with Gasteiger partial charge < -0.3 is 16.0 Å². The van der Waals surface area contributed by atoms with Crippen molar-refractivity contribution in [3.05, 3.63) is 71.8 Å². The average Bonchev–Trinajstić information content (AvgIpc) is 2.71. The quantitative estimate of drug-likeness (QED) is 0.118. The summed E-state index contributed by atoms with van der Waals surface area (Å²) < 4.78 is 0. The summed E-state index contributed by atoms with van der Waals surface area (Å²) in [7, 11) is 0. The first-order valence-corrected chi connectivity index (χ1v) is 8.99. The molecule has 0 heterocycles. The molecule has 2 aromatic carbocycles. The number of thiocarbonyl (C=S) groups is 1. The Balaban J connectivity index is 2.11. The lowest BCUT2D eigenvalue weighted by molar-refractivity contribution is 0.0938. The molecule has 2 rings (SSSR count). The van der Waals surface area contributed by atoms with E-state index in [0.29, 0.717) is 22.9 Å². The maximum absolute atomic E-state index is 12.5. The van der Waals surface area contributed by atoms with Crippen molar-refractivity contribution in [2.75, 3.05) is 17.2 Å². The van der Waals surface area contributed by atoms with Crippen LogP contribution in [0.4, 0.5) is 11.4 Å². The minimum absolute atomic E-state index is 0.0814. The number of nitrogen functional groups attached to an aromatic ring is 1. The van der Waals surface area contributed by atoms with Crippen LogP contribution in [0.2, 0.25) is 0 Å². The summed E-state index contributed by atoms with van der Waals surface area (Å²) in [4.78, 5) is 36.1. The maximum Gasteiger partial charge on any atom is 0.265 e. The topological polar surface area (TPSA) is 125 Å². The number of Topliss-reactive ketones (excluding diaryl/α,β-unsaturated/α-hetero) is 1. The zero-order chi connectivity index (χ0) is 21.4. The van der Waals surface area contributed by atoms with Crippen LogP contribution in [-0.2, 0) is 0 Å². The molecule has 0 radical (unpaired) electrons. The Hall–Kier alpha value is -3.56. The third kappa shape index (κ3) is 5.96. The maximum atomic E-state index is 12.5. The van der Waals surface area contributed by atoms with Crippen LogP contribution in [0, 0.1) is 0 Å². The highest BCUT2D eigenvalue weighted by atomic mass is 32.1. The molecule has 0 spiro atoms. The number of benzene rings is 2. The summed E-state index contributed by atoms with van der Waals surface area (Å²) >= 11 is 5.13. The molecule has 0 aromatic heterocycles. The second-order valence-electron chi connectivity index (χ2n) is 5.95. The van der Waals surface area contributed by atoms with Crippen molar-refractivity contribution >= 4 is 46.3 Å². The van der Waals surface area contributed by atoms with Crippen LogP contribution < -0.4 is 27.2 Å². The van der Waals surface area contributed by atoms with Gasteiger partial charge in [-0.1, -0.05) is 6.08 Å². The molecule has 0 saturated heterocycles. The Labute approximate surface area is 173 Å². The fraction of sp³-hybridized carbons (Fsp3) is 0.100. The Kier molecular flexibility index (Phi) is 7.58. The Morgan fingerprint density at radius 2 is 1.66 bits per heavy atom. The van der Waals surface area contributed by atoms with Gasteiger partial charge in [-0.25, -0.2) is 5.84 Å². The zero-order valence-electron chi connectivity index (χ0n) is 15.7. The number of carbonyl (C=O) groups is 3. The van der Waals surface area contributed by atoms with E-state index in [1.165, 1.54) is 19.1 Å². The summed E-state index contributed by atoms with van der Waals surface area (Å²) in [5.74, 6) is 3.88. The highest BCUT2D eigenvalue weighted by Gasteiger charge is 2.15. The van der Waals surface area contributed by atoms with Gasteiger partial charge in [0.05, 0.1) is 5.56 Å². The van der Waals surface area contributed by atoms with Crippen LogP contribution in [0.15, 0.2) is 55.1 Å². The fourth-order valence-corrected chi connectivity index (χ4v) is 2.64. The second kappa shape index (κ2) is 10.1. The largest absolute Gasteiger partial charge is 0.359 e. The zero-order valence-corrected chi connectivity index (χ0v) is 16.6. The minimum Gasteiger partial charge on any atom is -0.359 e. The highest BCUT2D eigenvalue weighted by Crippen LogP contribution is 2.18. The van der Waals surface area contributed by atoms with E-state index in [1.54, 1.807) is 36.4 Å². The Bertz CT molecular complexity index is 957. The van der Waals surface area contributed by atoms with Crippen LogP contribution >= 0.6 is 12.2 Å². The van der Waals surface area contributed by atoms with Gasteiger partial charge in [-0.05, 0) is 61.6 Å². The van der Waals surface area contributed by atoms with Gasteiger partial charge in [-0.15, -0.1) is 6.58 Å². The van der Waals surface area contributed by atoms with E-state index in [9.17, 15) is 14.4 Å². The molecule has 0 saturated carbocycles. The highest BCUT2D eigenvalue weighted by molar-refractivity contribution is 7.80. The van der Waals surface area contributed by atoms with E-state index in [1.807, 2.05) is 5.43 Å². The number of hydrogen-bond acceptors (Lipinski definition) is 5. The van der Waals surface area contributed by atoms with E-state index >= 15 is 0 Å². The molecular weight excluding hydrogens is 390 g/mol. The molecule has 2 amide bonds. The minimum atomic E-state index is -0.622. The molecule has 6 N–H and O–H groups in total. The van der Waals surface area contributed by atoms with Crippen molar-refractivity contribution in [2.24, 2.45) is 5.84 Å². The predicted molar refractivity (Wildman–Crippen MR) is 117 cm³/mol. The van der Waals surface area contributed by atoms with E-state index in [4.69, 9.17) is 18.1 Å². The van der Waals surface area contributed by atoms with Crippen molar-refractivity contribution < 1.29 is 14.4 Å². The van der Waals surface area contributed by atoms with Crippen LogP contribution in [0.5, 0.6) is 0 Å². The summed E-state index contributed by atoms with van der Waals surface area (Å²) in [6.07, 6.45) is 1.69. The van der Waals surface area contributed by atoms with Gasteiger partial charge in [0.15, 0.2) is 10.9 Å². The SMILES string of the molecule is C=CCNC(=S)Nc1ccc(C(=O)Nc2ccc(C(C)=O)c(C(=O)NN)c2)cc1. The number of ketones is 1. The molecule has 0 fully saturated rings. The number of carbonyl (C=O) groups excluding carboxylic acids is 3. The van der Waals surface area contributed by atoms with Crippen molar-refractivity contribution in [1.82, 2.24) is 10.7 Å². The number of nitrogens with two attached hydrogens (primary N) is 1. The Morgan fingerprint density at radius 3 is 2.24 bits per heavy atom. The average molecular weight is 411 g/mol. The van der Waals surface area contributed by atoms with E-state index < -0.39 is 5.91 Å². The third-order valence-corrected chi connectivity index (χ3v) is 4.09. The van der Waals surface area contributed by atoms with Gasteiger partial charge in [0.2, 0.25) is 0 Å². The molecule has 0 unspecified atom stereocenters. The molecular formula is C20H21N5O3S. The number of nitrogens with one attached hydrogen (secondary N) is 4. The van der Waals surface area contributed by atoms with Crippen LogP contribution in [0.1, 0.15) is 38.0 Å². The van der Waals surface area contributed by atoms with Crippen molar-refractivity contribution in [3.8, 4) is 0 Å². The summed E-state index contributed by atoms with van der Waals surface area (Å²) in [6.45, 7) is 5.48. The number of hydrogen-bond donors (Lipinski definition) is 5. The van der Waals surface area contributed by atoms with Crippen LogP contribution in [-0.4, -0.2) is 29.3 Å². The molecule has 2 aromatic rings. The normalized spacial score (nSPS) is 9.86. The molecule has 0 bridgehead atoms. The molecule has 0 atom stereocenters. The number of amides is 2. The molecule has 9 heteroatoms. The molecule has 29 heavy (non-hydrogen) atoms. The second-order valence-corrected chi connectivity index (χ2v) is 6.35. The standard InChI is InChI=1S/C20H21N5O3S/c1-3-10-22-20(29)24-14-6-4-13(5-7-14)18(27)23-15-8-9-16(12(2)26)17(11-15)19(28)25-21/h3-9,11H,1,10,21H2,2H3,(H,23,27)(H,25,28)(H2,22,24,29). The number of rotatable bonds is 7. The van der Waals surface area contributed by atoms with E-state index in [2.05, 4.69) is 22.5 Å². The lowest BCUT2D eigenvalue weighted by atomic mass is 10.0. The number of anilines is 2.